The summed E-state index contributed by atoms with van der Waals surface area (Å²) in [7, 11) is 20.0. The number of rotatable bonds is 31. The molecule has 599 valence electrons. The van der Waals surface area contributed by atoms with Gasteiger partial charge >= 0.3 is 18.2 Å². The Hall–Kier alpha value is -5.24. The first kappa shape index (κ1) is 87.2. The second-order valence-electron chi connectivity index (χ2n) is 25.1. The highest BCUT2D eigenvalue weighted by atomic mass is 32.7. The van der Waals surface area contributed by atoms with Crippen LogP contribution in [0.25, 0.3) is 11.2 Å². The first-order valence-electron chi connectivity index (χ1n) is 33.6. The number of benzene rings is 1. The molecule has 0 spiro atoms. The van der Waals surface area contributed by atoms with Crippen LogP contribution in [0.4, 0.5) is 17.5 Å². The van der Waals surface area contributed by atoms with Crippen LogP contribution in [0.2, 0.25) is 0 Å². The van der Waals surface area contributed by atoms with Gasteiger partial charge in [-0.1, -0.05) is 30.0 Å². The van der Waals surface area contributed by atoms with Crippen LogP contribution in [-0.2, 0) is 120 Å². The number of carbonyl (C=O) groups excluding carboxylic acids is 1. The highest BCUT2D eigenvalue weighted by Gasteiger charge is 2.52. The number of ether oxygens (including phenoxy) is 10. The molecule has 5 radical (unpaired) electrons. The van der Waals surface area contributed by atoms with Crippen molar-refractivity contribution in [2.45, 2.75) is 147 Å². The van der Waals surface area contributed by atoms with Crippen molar-refractivity contribution in [2.75, 3.05) is 91.5 Å². The Bertz CT molecular complexity index is 4390. The molecular formula is C60H81B3N12O29P3S3-2. The average molecular weight is 1660 g/mol. The van der Waals surface area contributed by atoms with Gasteiger partial charge in [-0.25, -0.2) is 29.1 Å². The predicted octanol–water partition coefficient (Wildman–Crippen LogP) is -2.76. The lowest BCUT2D eigenvalue weighted by molar-refractivity contribution is -0.218. The van der Waals surface area contributed by atoms with Gasteiger partial charge < -0.3 is 135 Å². The smallest absolute Gasteiger partial charge is 0.390 e. The lowest BCUT2D eigenvalue weighted by Gasteiger charge is -2.34. The molecule has 12 N–H and O–H groups in total. The van der Waals surface area contributed by atoms with Crippen molar-refractivity contribution >= 4 is 113 Å². The van der Waals surface area contributed by atoms with Gasteiger partial charge in [0.25, 0.3) is 11.5 Å². The number of hydrogen-bond acceptors (Lipinski definition) is 38. The number of fused-ring (bicyclic) bond motifs is 1. The van der Waals surface area contributed by atoms with E-state index in [1.54, 1.807) is 52.6 Å². The minimum Gasteiger partial charge on any atom is -0.780 e. The number of nitrogens with zero attached hydrogens (tertiary/aromatic N) is 8. The van der Waals surface area contributed by atoms with Gasteiger partial charge in [0.15, 0.2) is 30.7 Å². The van der Waals surface area contributed by atoms with E-state index < -0.39 is 185 Å². The van der Waals surface area contributed by atoms with Crippen molar-refractivity contribution in [3.63, 3.8) is 0 Å². The highest BCUT2D eigenvalue weighted by molar-refractivity contribution is 8.54. The number of nitrogens with one attached hydrogen (secondary N) is 2. The fourth-order valence-electron chi connectivity index (χ4n) is 12.6. The number of carbonyl (C=O) groups is 1. The third-order valence-electron chi connectivity index (χ3n) is 18.3. The van der Waals surface area contributed by atoms with E-state index in [9.17, 15) is 63.8 Å². The molecule has 5 aromatic heterocycles. The minimum atomic E-state index is -4.35. The molecule has 50 heteroatoms. The number of aromatic amines is 1. The maximum atomic E-state index is 14.2. The standard InChI is InChI=1S/C25H33B3N2O10PS.C20H28N5O12PS.C15H22N5O7PS/c1-30-15(9-10-18(30)29-25(33)14-7-5-4-6-8-14)13-42-41(34,37-12-17-19(32)21(35-2)23(26)38-17)40-20-16(11-31)39-24(28-27)22(20)36-3;1-32-15-13(28)10(36-17(15)25-6-4-12(27)23-20(25)30)8-34-38(31,39)37-14-9(7-26)35-18(16(14)33-2)24-5-3-11(21)22-19(24)29;16-14-13-15(18-6-17-14)20(7-19-13)12-3-9(10(4-21)26-12)27-28(23,29)25-5-11-8(22)1-2-24-11/h4-10,16-17,19-24,31-32H,11-13H2,1-3H3,(H,29,33);3-6,9-10,13-18,26,28H,7-8H2,1-2H3,(H,31,39)(H2,21,22,29)(H,23,27,30);6-12,21-22H,1-5H2,(H,23,29)(H2,16,17,18)/p-2/t16-,17-,19+,20+,21?,22?,23-,24-,41?;9-,10-,13+,14+,15?,16?,17-,18-,38?;8-,9-,10-,11-,12-,28?/m111/s1. The number of aliphatic hydroxyl groups excluding tert-OH is 6. The van der Waals surface area contributed by atoms with Crippen LogP contribution in [0.3, 0.4) is 0 Å². The summed E-state index contributed by atoms with van der Waals surface area (Å²) in [4.78, 5) is 79.6. The highest BCUT2D eigenvalue weighted by Crippen LogP contribution is 2.64. The molecule has 1 aromatic carbocycles. The van der Waals surface area contributed by atoms with Crippen LogP contribution >= 0.6 is 31.7 Å². The number of anilines is 3. The van der Waals surface area contributed by atoms with E-state index >= 15 is 0 Å². The zero-order valence-electron chi connectivity index (χ0n) is 59.3. The lowest BCUT2D eigenvalue weighted by Crippen LogP contribution is -2.40. The molecule has 6 aliphatic rings. The summed E-state index contributed by atoms with van der Waals surface area (Å²) in [5, 5.41) is 63.2. The Kier molecular flexibility index (Phi) is 30.8. The number of aliphatic hydroxyl groups is 6. The monoisotopic (exact) mass is 1660 g/mol. The van der Waals surface area contributed by atoms with E-state index in [1.165, 1.54) is 66.7 Å². The van der Waals surface area contributed by atoms with Crippen LogP contribution in [0.1, 0.15) is 47.6 Å². The number of amides is 1. The Labute approximate surface area is 644 Å². The number of H-pyrrole nitrogens is 1. The normalized spacial score (nSPS) is 31.6. The molecule has 6 fully saturated rings. The van der Waals surface area contributed by atoms with E-state index in [0.29, 0.717) is 41.3 Å². The molecular weight excluding hydrogens is 1570 g/mol. The largest absolute Gasteiger partial charge is 0.780 e. The van der Waals surface area contributed by atoms with Gasteiger partial charge in [0.2, 0.25) is 0 Å². The second-order valence-corrected chi connectivity index (χ2v) is 34.5. The summed E-state index contributed by atoms with van der Waals surface area (Å²) in [5.41, 5.74) is 11.2. The second kappa shape index (κ2) is 38.9. The van der Waals surface area contributed by atoms with E-state index in [2.05, 4.69) is 30.2 Å². The summed E-state index contributed by atoms with van der Waals surface area (Å²) in [5.74, 6) is 0.619. The van der Waals surface area contributed by atoms with Crippen LogP contribution in [-0.4, -0.2) is 287 Å². The molecule has 1 amide bonds. The van der Waals surface area contributed by atoms with Crippen molar-refractivity contribution in [3.05, 3.63) is 122 Å². The Morgan fingerprint density at radius 3 is 2.04 bits per heavy atom. The van der Waals surface area contributed by atoms with Gasteiger partial charge in [0.1, 0.15) is 130 Å². The van der Waals surface area contributed by atoms with Crippen LogP contribution in [0, 0.1) is 0 Å². The number of methoxy groups -OCH3 is 4. The molecule has 41 nitrogen and oxygen atoms in total. The molecule has 0 aliphatic carbocycles. The summed E-state index contributed by atoms with van der Waals surface area (Å²) in [6.45, 7) is -14.4. The molecule has 11 heterocycles. The van der Waals surface area contributed by atoms with E-state index in [1.807, 2.05) is 6.07 Å². The van der Waals surface area contributed by atoms with E-state index in [-0.39, 0.29) is 49.5 Å². The molecule has 7 unspecified atom stereocenters. The summed E-state index contributed by atoms with van der Waals surface area (Å²) >= 11 is 10.9. The van der Waals surface area contributed by atoms with E-state index in [4.69, 9.17) is 126 Å². The number of aromatic nitrogens is 9. The van der Waals surface area contributed by atoms with Gasteiger partial charge in [-0.2, -0.15) is 4.98 Å². The molecule has 110 heavy (non-hydrogen) atoms. The van der Waals surface area contributed by atoms with Gasteiger partial charge in [0, 0.05) is 104 Å². The van der Waals surface area contributed by atoms with Crippen molar-refractivity contribution < 1.29 is 124 Å². The number of nitrogen functional groups attached to an aromatic ring is 2. The lowest BCUT2D eigenvalue weighted by atomic mass is 9.50. The van der Waals surface area contributed by atoms with Gasteiger partial charge in [-0.05, 0) is 48.1 Å². The van der Waals surface area contributed by atoms with Crippen LogP contribution in [0.15, 0.2) is 94.0 Å². The maximum Gasteiger partial charge on any atom is 0.390 e. The summed E-state index contributed by atoms with van der Waals surface area (Å²) < 4.78 is 121. The Morgan fingerprint density at radius 1 is 0.755 bits per heavy atom. The van der Waals surface area contributed by atoms with Crippen molar-refractivity contribution in [1.82, 2.24) is 43.2 Å². The fraction of sp³-hybridized carbons (Fsp3) is 0.600. The molecule has 6 aliphatic heterocycles. The fourth-order valence-corrected chi connectivity index (χ4v) is 18.9. The van der Waals surface area contributed by atoms with Gasteiger partial charge in [-0.3, -0.25) is 41.9 Å². The first-order chi connectivity index (χ1) is 52.5. The van der Waals surface area contributed by atoms with Crippen molar-refractivity contribution in [3.8, 4) is 0 Å². The van der Waals surface area contributed by atoms with Crippen LogP contribution in [0.5, 0.6) is 0 Å². The molecule has 24 atom stereocenters. The molecule has 12 rings (SSSR count). The third-order valence-corrected chi connectivity index (χ3v) is 25.0. The van der Waals surface area contributed by atoms with Crippen molar-refractivity contribution in [2.24, 2.45) is 7.05 Å². The Morgan fingerprint density at radius 2 is 1.39 bits per heavy atom. The third kappa shape index (κ3) is 20.9. The minimum absolute atomic E-state index is 0.0159. The van der Waals surface area contributed by atoms with Crippen LogP contribution < -0.4 is 38.6 Å². The SMILES string of the molecule is COC1[C@@H](O)[C@@H](COP([O-])(=S)O[C@@H]2C(OC)[C@H](n3ccc(N)nc3=O)O[C@@H]2CO)O[C@H]1n1ccc(=O)[nH]c1=O.Nc1ncnc2c1ncn2[C@H]1C[C@@H](OP(=O)([S-])OC[C@H]2OCC[C@H]2O)[C@@H](CO)O1.[B][B][C@@H]1O[C@H](CO)[C@H](OP(=O)(OC[C@H]2O[C@@H]([B])C(OC)[C@H]2O)SCc2ccc(NC(=O)c3ccccc3)n2C)C1OC. The number of hydrogen-bond donors (Lipinski definition) is 10. The Balaban J connectivity index is 0.000000178. The molecule has 0 saturated carbocycles. The topological polar surface area (TPSA) is 546 Å². The van der Waals surface area contributed by atoms with Crippen molar-refractivity contribution in [1.29, 1.82) is 0 Å². The first-order valence-corrected chi connectivity index (χ1v) is 41.9. The average Bonchev–Trinajstić information content (AvgIpc) is 1.65. The molecule has 0 bridgehead atoms. The maximum absolute atomic E-state index is 14.2. The molecule has 6 saturated heterocycles. The summed E-state index contributed by atoms with van der Waals surface area (Å²) in [6, 6.07) is 13.1. The zero-order valence-corrected chi connectivity index (χ0v) is 64.4. The number of nitrogens with two attached hydrogens (primary N) is 2. The number of imidazole rings is 1. The van der Waals surface area contributed by atoms with Gasteiger partial charge in [0.05, 0.1) is 65.3 Å². The molecule has 6 aromatic rings. The predicted molar refractivity (Wildman–Crippen MR) is 392 cm³/mol. The van der Waals surface area contributed by atoms with Gasteiger partial charge in [-0.15, -0.1) is 0 Å². The zero-order chi connectivity index (χ0) is 79.5. The summed E-state index contributed by atoms with van der Waals surface area (Å²) in [6.07, 6.45) is -12.3. The quantitative estimate of drug-likeness (QED) is 0.0120. The van der Waals surface area contributed by atoms with E-state index in [0.717, 1.165) is 26.6 Å².